The molecule has 1 rings (SSSR count). The monoisotopic (exact) mass is 211 g/mol. The molecule has 0 fully saturated rings. The first kappa shape index (κ1) is 11.6. The Balaban J connectivity index is 2.18. The smallest absolute Gasteiger partial charge is 0.315 e. The predicted molar refractivity (Wildman–Crippen MR) is 56.5 cm³/mol. The van der Waals surface area contributed by atoms with Crippen molar-refractivity contribution in [1.82, 2.24) is 15.6 Å². The Labute approximate surface area is 89.3 Å². The molecule has 2 N–H and O–H groups in total. The summed E-state index contributed by atoms with van der Waals surface area (Å²) in [7, 11) is 0. The Morgan fingerprint density at radius 2 is 2.27 bits per heavy atom. The Kier molecular flexibility index (Phi) is 3.71. The summed E-state index contributed by atoms with van der Waals surface area (Å²) in [5.41, 5.74) is 0.629. The van der Waals surface area contributed by atoms with Crippen molar-refractivity contribution in [3.8, 4) is 0 Å². The van der Waals surface area contributed by atoms with Crippen molar-refractivity contribution in [2.75, 3.05) is 6.54 Å². The number of hydrogen-bond donors (Lipinski definition) is 2. The van der Waals surface area contributed by atoms with Crippen molar-refractivity contribution in [3.63, 3.8) is 0 Å². The van der Waals surface area contributed by atoms with Crippen LogP contribution in [0.1, 0.15) is 26.5 Å². The van der Waals surface area contributed by atoms with E-state index in [0.29, 0.717) is 13.0 Å². The van der Waals surface area contributed by atoms with Gasteiger partial charge in [-0.1, -0.05) is 0 Å². The van der Waals surface area contributed by atoms with Crippen molar-refractivity contribution in [2.45, 2.75) is 32.7 Å². The Morgan fingerprint density at radius 1 is 1.53 bits per heavy atom. The maximum absolute atomic E-state index is 11.3. The molecule has 0 aliphatic rings. The molecule has 1 aromatic heterocycles. The van der Waals surface area contributed by atoms with Gasteiger partial charge in [-0.15, -0.1) is 0 Å². The third-order valence-corrected chi connectivity index (χ3v) is 1.64. The van der Waals surface area contributed by atoms with Crippen LogP contribution >= 0.6 is 0 Å². The molecule has 0 bridgehead atoms. The van der Waals surface area contributed by atoms with E-state index in [2.05, 4.69) is 15.6 Å². The van der Waals surface area contributed by atoms with E-state index >= 15 is 0 Å². The maximum Gasteiger partial charge on any atom is 0.315 e. The van der Waals surface area contributed by atoms with Crippen LogP contribution in [-0.2, 0) is 6.42 Å². The van der Waals surface area contributed by atoms with Crippen LogP contribution in [0.2, 0.25) is 0 Å². The number of nitrogens with one attached hydrogen (secondary N) is 2. The molecule has 1 aromatic rings. The molecule has 5 nitrogen and oxygen atoms in total. The fraction of sp³-hybridized carbons (Fsp3) is 0.600. The lowest BCUT2D eigenvalue weighted by Gasteiger charge is -2.20. The molecule has 0 spiro atoms. The number of oxazole rings is 1. The number of hydrogen-bond acceptors (Lipinski definition) is 3. The number of carbonyl (C=O) groups is 1. The second kappa shape index (κ2) is 4.82. The quantitative estimate of drug-likeness (QED) is 0.792. The minimum atomic E-state index is -0.210. The van der Waals surface area contributed by atoms with Crippen molar-refractivity contribution < 1.29 is 9.21 Å². The SMILES string of the molecule is CC(C)(C)NC(=O)NCCc1cocn1. The Hall–Kier alpha value is -1.52. The standard InChI is InChI=1S/C10H17N3O2/c1-10(2,3)13-9(14)11-5-4-8-6-15-7-12-8/h6-7H,4-5H2,1-3H3,(H2,11,13,14). The zero-order valence-corrected chi connectivity index (χ0v) is 9.33. The van der Waals surface area contributed by atoms with Crippen LogP contribution < -0.4 is 10.6 Å². The van der Waals surface area contributed by atoms with Gasteiger partial charge in [-0.25, -0.2) is 9.78 Å². The van der Waals surface area contributed by atoms with Gasteiger partial charge in [0.05, 0.1) is 5.69 Å². The lowest BCUT2D eigenvalue weighted by molar-refractivity contribution is 0.232. The summed E-state index contributed by atoms with van der Waals surface area (Å²) < 4.78 is 4.81. The van der Waals surface area contributed by atoms with Gasteiger partial charge >= 0.3 is 6.03 Å². The molecule has 0 atom stereocenters. The van der Waals surface area contributed by atoms with Crippen LogP contribution in [0.3, 0.4) is 0 Å². The summed E-state index contributed by atoms with van der Waals surface area (Å²) in [6.07, 6.45) is 3.63. The largest absolute Gasteiger partial charge is 0.451 e. The van der Waals surface area contributed by atoms with Gasteiger partial charge in [-0.05, 0) is 20.8 Å². The van der Waals surface area contributed by atoms with Gasteiger partial charge in [-0.2, -0.15) is 0 Å². The number of urea groups is 1. The second-order valence-electron chi connectivity index (χ2n) is 4.36. The van der Waals surface area contributed by atoms with E-state index in [1.165, 1.54) is 6.39 Å². The molecule has 84 valence electrons. The maximum atomic E-state index is 11.3. The van der Waals surface area contributed by atoms with Crippen LogP contribution in [0.4, 0.5) is 4.79 Å². The third kappa shape index (κ3) is 5.05. The van der Waals surface area contributed by atoms with E-state index in [-0.39, 0.29) is 11.6 Å². The molecule has 0 saturated heterocycles. The van der Waals surface area contributed by atoms with Gasteiger partial charge in [0.1, 0.15) is 6.26 Å². The lowest BCUT2D eigenvalue weighted by atomic mass is 10.1. The Morgan fingerprint density at radius 3 is 2.80 bits per heavy atom. The average molecular weight is 211 g/mol. The van der Waals surface area contributed by atoms with Crippen LogP contribution in [0.25, 0.3) is 0 Å². The number of aromatic nitrogens is 1. The molecule has 0 aliphatic heterocycles. The fourth-order valence-corrected chi connectivity index (χ4v) is 1.05. The fourth-order valence-electron chi connectivity index (χ4n) is 1.05. The van der Waals surface area contributed by atoms with Gasteiger partial charge in [0.2, 0.25) is 0 Å². The van der Waals surface area contributed by atoms with Gasteiger partial charge in [-0.3, -0.25) is 0 Å². The van der Waals surface area contributed by atoms with Gasteiger partial charge in [0.15, 0.2) is 6.39 Å². The number of amides is 2. The third-order valence-electron chi connectivity index (χ3n) is 1.64. The second-order valence-corrected chi connectivity index (χ2v) is 4.36. The zero-order valence-electron chi connectivity index (χ0n) is 9.33. The van der Waals surface area contributed by atoms with E-state index in [0.717, 1.165) is 5.69 Å². The molecule has 0 aromatic carbocycles. The van der Waals surface area contributed by atoms with Crippen molar-refractivity contribution >= 4 is 6.03 Å². The molecular formula is C10H17N3O2. The normalized spacial score (nSPS) is 11.1. The highest BCUT2D eigenvalue weighted by Crippen LogP contribution is 1.98. The molecule has 0 unspecified atom stereocenters. The summed E-state index contributed by atoms with van der Waals surface area (Å²) in [6.45, 7) is 6.35. The van der Waals surface area contributed by atoms with Crippen molar-refractivity contribution in [3.05, 3.63) is 18.4 Å². The highest BCUT2D eigenvalue weighted by molar-refractivity contribution is 5.74. The topological polar surface area (TPSA) is 67.2 Å². The molecule has 1 heterocycles. The van der Waals surface area contributed by atoms with E-state index in [9.17, 15) is 4.79 Å². The number of rotatable bonds is 3. The molecule has 5 heteroatoms. The minimum Gasteiger partial charge on any atom is -0.451 e. The molecule has 2 amide bonds. The zero-order chi connectivity index (χ0) is 11.3. The molecule has 0 radical (unpaired) electrons. The first-order valence-electron chi connectivity index (χ1n) is 4.90. The van der Waals surface area contributed by atoms with Gasteiger partial charge in [0, 0.05) is 18.5 Å². The average Bonchev–Trinajstić information content (AvgIpc) is 2.53. The summed E-state index contributed by atoms with van der Waals surface area (Å²) in [5, 5.41) is 5.55. The lowest BCUT2D eigenvalue weighted by Crippen LogP contribution is -2.46. The molecular weight excluding hydrogens is 194 g/mol. The highest BCUT2D eigenvalue weighted by Gasteiger charge is 2.12. The molecule has 0 aliphatic carbocycles. The van der Waals surface area contributed by atoms with Gasteiger partial charge < -0.3 is 15.1 Å². The summed E-state index contributed by atoms with van der Waals surface area (Å²) in [5.74, 6) is 0. The number of carbonyl (C=O) groups excluding carboxylic acids is 1. The van der Waals surface area contributed by atoms with E-state index < -0.39 is 0 Å². The van der Waals surface area contributed by atoms with Crippen LogP contribution in [0.5, 0.6) is 0 Å². The summed E-state index contributed by atoms with van der Waals surface area (Å²) >= 11 is 0. The summed E-state index contributed by atoms with van der Waals surface area (Å²) in [6, 6.07) is -0.161. The predicted octanol–water partition coefficient (Wildman–Crippen LogP) is 1.31. The van der Waals surface area contributed by atoms with Crippen LogP contribution in [-0.4, -0.2) is 23.1 Å². The van der Waals surface area contributed by atoms with Crippen molar-refractivity contribution in [2.24, 2.45) is 0 Å². The first-order chi connectivity index (χ1) is 6.97. The van der Waals surface area contributed by atoms with E-state index in [1.807, 2.05) is 20.8 Å². The van der Waals surface area contributed by atoms with Crippen LogP contribution in [0.15, 0.2) is 17.1 Å². The first-order valence-corrected chi connectivity index (χ1v) is 4.90. The number of nitrogens with zero attached hydrogens (tertiary/aromatic N) is 1. The van der Waals surface area contributed by atoms with E-state index in [1.54, 1.807) is 6.26 Å². The highest BCUT2D eigenvalue weighted by atomic mass is 16.3. The van der Waals surface area contributed by atoms with E-state index in [4.69, 9.17) is 4.42 Å². The molecule has 0 saturated carbocycles. The Bertz CT molecular complexity index is 301. The minimum absolute atomic E-state index is 0.161. The summed E-state index contributed by atoms with van der Waals surface area (Å²) in [4.78, 5) is 15.3. The van der Waals surface area contributed by atoms with Gasteiger partial charge in [0.25, 0.3) is 0 Å². The van der Waals surface area contributed by atoms with Crippen molar-refractivity contribution in [1.29, 1.82) is 0 Å². The molecule has 15 heavy (non-hydrogen) atoms. The van der Waals surface area contributed by atoms with Crippen LogP contribution in [0, 0.1) is 0 Å².